The maximum Gasteiger partial charge on any atom is 0.417 e. The van der Waals surface area contributed by atoms with Crippen molar-refractivity contribution in [2.45, 2.75) is 13.1 Å². The summed E-state index contributed by atoms with van der Waals surface area (Å²) in [5.74, 6) is 0.0131. The number of hydrogen-bond acceptors (Lipinski definition) is 4. The van der Waals surface area contributed by atoms with Crippen molar-refractivity contribution in [3.63, 3.8) is 0 Å². The summed E-state index contributed by atoms with van der Waals surface area (Å²) >= 11 is 0. The van der Waals surface area contributed by atoms with Crippen LogP contribution in [-0.2, 0) is 6.18 Å². The molecule has 8 heteroatoms. The third-order valence-corrected chi connectivity index (χ3v) is 4.50. The molecular formula is C24H17AlF3N2O2. The quantitative estimate of drug-likeness (QED) is 0.359. The molecule has 0 spiro atoms. The van der Waals surface area contributed by atoms with E-state index >= 15 is 0 Å². The molecule has 3 aromatic carbocycles. The SMILES string of the molecule is Cc1ccc2c(C(F)(F)F)ccc(O)c2n1.N#Cc1ccc(-c2ccc(O)cc2)cc1.[Al]. The number of nitriles is 1. The van der Waals surface area contributed by atoms with E-state index in [0.717, 1.165) is 23.3 Å². The molecule has 4 nitrogen and oxygen atoms in total. The Morgan fingerprint density at radius 3 is 1.91 bits per heavy atom. The fraction of sp³-hybridized carbons (Fsp3) is 0.0833. The normalized spacial score (nSPS) is 10.5. The Bertz CT molecular complexity index is 1250. The Morgan fingerprint density at radius 2 is 1.38 bits per heavy atom. The molecule has 0 atom stereocenters. The third kappa shape index (κ3) is 5.79. The van der Waals surface area contributed by atoms with Gasteiger partial charge in [0.05, 0.1) is 17.2 Å². The molecule has 0 fully saturated rings. The van der Waals surface area contributed by atoms with Crippen LogP contribution >= 0.6 is 0 Å². The van der Waals surface area contributed by atoms with Crippen LogP contribution in [0.2, 0.25) is 0 Å². The largest absolute Gasteiger partial charge is 0.508 e. The summed E-state index contributed by atoms with van der Waals surface area (Å²) in [6.45, 7) is 1.65. The highest BCUT2D eigenvalue weighted by Crippen LogP contribution is 2.37. The Labute approximate surface area is 193 Å². The smallest absolute Gasteiger partial charge is 0.417 e. The maximum absolute atomic E-state index is 12.6. The van der Waals surface area contributed by atoms with Gasteiger partial charge in [-0.05, 0) is 60.5 Å². The number of hydrogen-bond donors (Lipinski definition) is 2. The molecule has 1 aromatic heterocycles. The number of alkyl halides is 3. The first kappa shape index (κ1) is 24.7. The molecule has 0 aliphatic rings. The molecule has 0 unspecified atom stereocenters. The number of phenols is 2. The van der Waals surface area contributed by atoms with E-state index in [1.807, 2.05) is 24.3 Å². The number of pyridine rings is 1. The van der Waals surface area contributed by atoms with Gasteiger partial charge in [-0.15, -0.1) is 0 Å². The summed E-state index contributed by atoms with van der Waals surface area (Å²) in [7, 11) is 0. The Morgan fingerprint density at radius 1 is 0.812 bits per heavy atom. The topological polar surface area (TPSA) is 77.1 Å². The van der Waals surface area contributed by atoms with Crippen LogP contribution in [-0.4, -0.2) is 32.6 Å². The van der Waals surface area contributed by atoms with Crippen molar-refractivity contribution in [1.29, 1.82) is 5.26 Å². The highest BCUT2D eigenvalue weighted by molar-refractivity contribution is 5.87. The van der Waals surface area contributed by atoms with E-state index in [4.69, 9.17) is 10.4 Å². The molecule has 4 rings (SSSR count). The highest BCUT2D eigenvalue weighted by atomic mass is 27.0. The minimum absolute atomic E-state index is 0. The van der Waals surface area contributed by atoms with Crippen molar-refractivity contribution in [2.75, 3.05) is 0 Å². The second kappa shape index (κ2) is 10.2. The molecule has 159 valence electrons. The van der Waals surface area contributed by atoms with Gasteiger partial charge < -0.3 is 10.2 Å². The van der Waals surface area contributed by atoms with Gasteiger partial charge in [-0.3, -0.25) is 0 Å². The van der Waals surface area contributed by atoms with E-state index in [-0.39, 0.29) is 39.8 Å². The summed E-state index contributed by atoms with van der Waals surface area (Å²) in [5, 5.41) is 27.2. The fourth-order valence-electron chi connectivity index (χ4n) is 2.94. The van der Waals surface area contributed by atoms with Gasteiger partial charge in [-0.25, -0.2) is 4.98 Å². The van der Waals surface area contributed by atoms with Crippen LogP contribution in [0, 0.1) is 18.3 Å². The van der Waals surface area contributed by atoms with Gasteiger partial charge >= 0.3 is 6.18 Å². The first-order valence-electron chi connectivity index (χ1n) is 9.15. The molecule has 0 aliphatic carbocycles. The van der Waals surface area contributed by atoms with Crippen LogP contribution < -0.4 is 0 Å². The van der Waals surface area contributed by atoms with Gasteiger partial charge in [0.25, 0.3) is 0 Å². The van der Waals surface area contributed by atoms with E-state index in [9.17, 15) is 18.3 Å². The number of aromatic nitrogens is 1. The van der Waals surface area contributed by atoms with E-state index < -0.39 is 11.7 Å². The van der Waals surface area contributed by atoms with Gasteiger partial charge in [-0.1, -0.05) is 30.3 Å². The monoisotopic (exact) mass is 449 g/mol. The zero-order chi connectivity index (χ0) is 22.6. The van der Waals surface area contributed by atoms with Crippen LogP contribution in [0.25, 0.3) is 22.0 Å². The molecule has 32 heavy (non-hydrogen) atoms. The van der Waals surface area contributed by atoms with Crippen LogP contribution in [0.1, 0.15) is 16.8 Å². The number of aryl methyl sites for hydroxylation is 1. The zero-order valence-corrected chi connectivity index (χ0v) is 18.1. The minimum Gasteiger partial charge on any atom is -0.508 e. The first-order valence-corrected chi connectivity index (χ1v) is 9.15. The fourth-order valence-corrected chi connectivity index (χ4v) is 2.94. The summed E-state index contributed by atoms with van der Waals surface area (Å²) in [6, 6.07) is 21.1. The lowest BCUT2D eigenvalue weighted by molar-refractivity contribution is -0.136. The molecule has 2 N–H and O–H groups in total. The van der Waals surface area contributed by atoms with Crippen LogP contribution in [0.15, 0.2) is 72.8 Å². The predicted molar refractivity (Wildman–Crippen MR) is 117 cm³/mol. The minimum atomic E-state index is -4.44. The molecule has 0 saturated heterocycles. The van der Waals surface area contributed by atoms with Crippen LogP contribution in [0.4, 0.5) is 13.2 Å². The Balaban J connectivity index is 0.000000220. The van der Waals surface area contributed by atoms with E-state index in [0.29, 0.717) is 11.3 Å². The first-order chi connectivity index (χ1) is 14.7. The number of halogens is 3. The number of nitrogens with zero attached hydrogens (tertiary/aromatic N) is 2. The van der Waals surface area contributed by atoms with Crippen molar-refractivity contribution in [2.24, 2.45) is 0 Å². The van der Waals surface area contributed by atoms with Crippen LogP contribution in [0.5, 0.6) is 11.5 Å². The van der Waals surface area contributed by atoms with Crippen molar-refractivity contribution >= 4 is 28.3 Å². The Kier molecular flexibility index (Phi) is 7.88. The lowest BCUT2D eigenvalue weighted by Gasteiger charge is -2.11. The lowest BCUT2D eigenvalue weighted by Crippen LogP contribution is -2.06. The molecule has 1 heterocycles. The number of aromatic hydroxyl groups is 2. The van der Waals surface area contributed by atoms with Crippen molar-refractivity contribution in [1.82, 2.24) is 4.98 Å². The number of benzene rings is 3. The number of phenolic OH excluding ortho intramolecular Hbond substituents is 2. The van der Waals surface area contributed by atoms with Crippen LogP contribution in [0.3, 0.4) is 0 Å². The highest BCUT2D eigenvalue weighted by Gasteiger charge is 2.33. The van der Waals surface area contributed by atoms with Gasteiger partial charge in [0.15, 0.2) is 0 Å². The predicted octanol–water partition coefficient (Wildman–Crippen LogP) is 5.82. The molecule has 4 aromatic rings. The molecule has 0 aliphatic heterocycles. The van der Waals surface area contributed by atoms with Crippen molar-refractivity contribution < 1.29 is 23.4 Å². The average molecular weight is 449 g/mol. The maximum atomic E-state index is 12.6. The molecule has 3 radical (unpaired) electrons. The molecular weight excluding hydrogens is 432 g/mol. The summed E-state index contributed by atoms with van der Waals surface area (Å²) in [6.07, 6.45) is -4.44. The van der Waals surface area contributed by atoms with E-state index in [1.54, 1.807) is 31.2 Å². The number of fused-ring (bicyclic) bond motifs is 1. The van der Waals surface area contributed by atoms with Gasteiger partial charge in [0.2, 0.25) is 0 Å². The molecule has 0 saturated carbocycles. The summed E-state index contributed by atoms with van der Waals surface area (Å²) < 4.78 is 37.9. The standard InChI is InChI=1S/C13H9NO.C11H8F3NO.Al/c14-9-10-1-3-11(4-2-10)12-5-7-13(15)8-6-12;1-6-2-3-7-8(11(12,13)14)4-5-9(16)10(7)15-6;/h1-8,15H;2-5,16H,1H3;. The molecule has 0 bridgehead atoms. The van der Waals surface area contributed by atoms with Gasteiger partial charge in [-0.2, -0.15) is 18.4 Å². The lowest BCUT2D eigenvalue weighted by atomic mass is 10.0. The summed E-state index contributed by atoms with van der Waals surface area (Å²) in [4.78, 5) is 3.90. The van der Waals surface area contributed by atoms with E-state index in [2.05, 4.69) is 11.1 Å². The van der Waals surface area contributed by atoms with Gasteiger partial charge in [0.1, 0.15) is 17.0 Å². The zero-order valence-electron chi connectivity index (χ0n) is 16.9. The van der Waals surface area contributed by atoms with Crippen molar-refractivity contribution in [3.8, 4) is 28.7 Å². The second-order valence-corrected chi connectivity index (χ2v) is 6.71. The second-order valence-electron chi connectivity index (χ2n) is 6.71. The van der Waals surface area contributed by atoms with Gasteiger partial charge in [0, 0.05) is 28.4 Å². The average Bonchev–Trinajstić information content (AvgIpc) is 2.75. The van der Waals surface area contributed by atoms with E-state index in [1.165, 1.54) is 12.1 Å². The third-order valence-electron chi connectivity index (χ3n) is 4.50. The van der Waals surface area contributed by atoms with Crippen molar-refractivity contribution in [3.05, 3.63) is 89.6 Å². The Hall–Kier alpha value is -3.52. The molecule has 0 amide bonds. The number of rotatable bonds is 1. The summed E-state index contributed by atoms with van der Waals surface area (Å²) in [5.41, 5.74) is 2.47.